The van der Waals surface area contributed by atoms with Crippen LogP contribution in [-0.2, 0) is 11.2 Å². The van der Waals surface area contributed by atoms with Gasteiger partial charge in [0.15, 0.2) is 0 Å². The van der Waals surface area contributed by atoms with Gasteiger partial charge in [0.2, 0.25) is 17.7 Å². The van der Waals surface area contributed by atoms with E-state index >= 15 is 0 Å². The summed E-state index contributed by atoms with van der Waals surface area (Å²) in [4.78, 5) is 14.5. The third-order valence-corrected chi connectivity index (χ3v) is 4.46. The van der Waals surface area contributed by atoms with Gasteiger partial charge in [0.1, 0.15) is 0 Å². The summed E-state index contributed by atoms with van der Waals surface area (Å²) in [6.45, 7) is 3.04. The Bertz CT molecular complexity index is 639. The molecule has 1 unspecified atom stereocenters. The molecule has 0 saturated carbocycles. The molecular formula is C18H23N3O2. The molecule has 1 atom stereocenters. The normalized spacial score (nSPS) is 18.1. The predicted molar refractivity (Wildman–Crippen MR) is 87.7 cm³/mol. The maximum absolute atomic E-state index is 12.5. The second-order valence-corrected chi connectivity index (χ2v) is 6.01. The number of piperidine rings is 1. The van der Waals surface area contributed by atoms with Crippen molar-refractivity contribution in [1.29, 1.82) is 0 Å². The largest absolute Gasteiger partial charge is 0.421 e. The number of likely N-dealkylation sites (tertiary alicyclic amines) is 1. The minimum atomic E-state index is 0.205. The highest BCUT2D eigenvalue weighted by molar-refractivity contribution is 5.76. The van der Waals surface area contributed by atoms with Crippen molar-refractivity contribution in [2.24, 2.45) is 0 Å². The Labute approximate surface area is 136 Å². The molecule has 1 amide bonds. The van der Waals surface area contributed by atoms with Gasteiger partial charge in [0.25, 0.3) is 0 Å². The fraction of sp³-hybridized carbons (Fsp3) is 0.500. The fourth-order valence-electron chi connectivity index (χ4n) is 3.16. The predicted octanol–water partition coefficient (Wildman–Crippen LogP) is 3.46. The lowest BCUT2D eigenvalue weighted by molar-refractivity contribution is -0.135. The standard InChI is InChI=1S/C18H23N3O2/c1-2-15-10-6-7-13-21(15)17(22)12-11-16-19-20-18(23-16)14-8-4-3-5-9-14/h3-5,8-9,15H,2,6-7,10-13H2,1H3. The highest BCUT2D eigenvalue weighted by Crippen LogP contribution is 2.21. The topological polar surface area (TPSA) is 59.2 Å². The molecular weight excluding hydrogens is 290 g/mol. The molecule has 23 heavy (non-hydrogen) atoms. The molecule has 1 fully saturated rings. The first-order chi connectivity index (χ1) is 11.3. The zero-order chi connectivity index (χ0) is 16.1. The van der Waals surface area contributed by atoms with Crippen molar-refractivity contribution in [3.63, 3.8) is 0 Å². The minimum absolute atomic E-state index is 0.205. The van der Waals surface area contributed by atoms with Crippen molar-refractivity contribution in [3.8, 4) is 11.5 Å². The molecule has 0 N–H and O–H groups in total. The highest BCUT2D eigenvalue weighted by Gasteiger charge is 2.25. The minimum Gasteiger partial charge on any atom is -0.421 e. The number of aryl methyl sites for hydroxylation is 1. The van der Waals surface area contributed by atoms with Crippen molar-refractivity contribution in [2.75, 3.05) is 6.54 Å². The highest BCUT2D eigenvalue weighted by atomic mass is 16.4. The fourth-order valence-corrected chi connectivity index (χ4v) is 3.16. The third-order valence-electron chi connectivity index (χ3n) is 4.46. The zero-order valence-corrected chi connectivity index (χ0v) is 13.6. The maximum Gasteiger partial charge on any atom is 0.247 e. The third kappa shape index (κ3) is 3.78. The molecule has 5 nitrogen and oxygen atoms in total. The molecule has 1 saturated heterocycles. The molecule has 3 rings (SSSR count). The zero-order valence-electron chi connectivity index (χ0n) is 13.6. The Morgan fingerprint density at radius 2 is 2.09 bits per heavy atom. The number of hydrogen-bond acceptors (Lipinski definition) is 4. The van der Waals surface area contributed by atoms with Gasteiger partial charge in [0, 0.05) is 31.0 Å². The van der Waals surface area contributed by atoms with Crippen LogP contribution in [0.2, 0.25) is 0 Å². The average Bonchev–Trinajstić information content (AvgIpc) is 3.09. The van der Waals surface area contributed by atoms with Gasteiger partial charge in [-0.05, 0) is 37.8 Å². The van der Waals surface area contributed by atoms with Crippen LogP contribution in [0.4, 0.5) is 0 Å². The van der Waals surface area contributed by atoms with Crippen molar-refractivity contribution in [1.82, 2.24) is 15.1 Å². The Morgan fingerprint density at radius 1 is 1.26 bits per heavy atom. The Balaban J connectivity index is 1.58. The van der Waals surface area contributed by atoms with Gasteiger partial charge in [-0.1, -0.05) is 25.1 Å². The first-order valence-electron chi connectivity index (χ1n) is 8.45. The van der Waals surface area contributed by atoms with Crippen LogP contribution in [0.3, 0.4) is 0 Å². The molecule has 1 aliphatic rings. The summed E-state index contributed by atoms with van der Waals surface area (Å²) in [6, 6.07) is 10.1. The van der Waals surface area contributed by atoms with E-state index in [0.717, 1.165) is 31.4 Å². The first kappa shape index (κ1) is 15.7. The van der Waals surface area contributed by atoms with E-state index in [0.29, 0.717) is 30.7 Å². The van der Waals surface area contributed by atoms with E-state index < -0.39 is 0 Å². The molecule has 1 aromatic carbocycles. The SMILES string of the molecule is CCC1CCCCN1C(=O)CCc1nnc(-c2ccccc2)o1. The molecule has 0 spiro atoms. The number of carbonyl (C=O) groups is 1. The molecule has 1 aliphatic heterocycles. The van der Waals surface area contributed by atoms with Crippen LogP contribution >= 0.6 is 0 Å². The number of hydrogen-bond donors (Lipinski definition) is 0. The number of amides is 1. The Kier molecular flexibility index (Phi) is 5.05. The van der Waals surface area contributed by atoms with E-state index in [4.69, 9.17) is 4.42 Å². The Morgan fingerprint density at radius 3 is 2.87 bits per heavy atom. The quantitative estimate of drug-likeness (QED) is 0.848. The summed E-state index contributed by atoms with van der Waals surface area (Å²) in [5, 5.41) is 8.13. The first-order valence-corrected chi connectivity index (χ1v) is 8.45. The van der Waals surface area contributed by atoms with Gasteiger partial charge >= 0.3 is 0 Å². The van der Waals surface area contributed by atoms with Crippen molar-refractivity contribution in [3.05, 3.63) is 36.2 Å². The summed E-state index contributed by atoms with van der Waals surface area (Å²) in [7, 11) is 0. The molecule has 0 aliphatic carbocycles. The number of aromatic nitrogens is 2. The van der Waals surface area contributed by atoms with Gasteiger partial charge in [-0.15, -0.1) is 10.2 Å². The lowest BCUT2D eigenvalue weighted by Gasteiger charge is -2.35. The van der Waals surface area contributed by atoms with Crippen molar-refractivity contribution >= 4 is 5.91 Å². The number of benzene rings is 1. The van der Waals surface area contributed by atoms with Crippen LogP contribution in [0.1, 0.15) is 44.9 Å². The van der Waals surface area contributed by atoms with E-state index in [-0.39, 0.29) is 5.91 Å². The van der Waals surface area contributed by atoms with E-state index in [1.54, 1.807) is 0 Å². The Hall–Kier alpha value is -2.17. The molecule has 1 aromatic heterocycles. The summed E-state index contributed by atoms with van der Waals surface area (Å²) < 4.78 is 5.67. The van der Waals surface area contributed by atoms with Gasteiger partial charge in [0.05, 0.1) is 0 Å². The lowest BCUT2D eigenvalue weighted by Crippen LogP contribution is -2.43. The molecule has 122 valence electrons. The molecule has 0 radical (unpaired) electrons. The van der Waals surface area contributed by atoms with E-state index in [1.165, 1.54) is 6.42 Å². The second-order valence-electron chi connectivity index (χ2n) is 6.01. The van der Waals surface area contributed by atoms with Crippen LogP contribution in [0, 0.1) is 0 Å². The van der Waals surface area contributed by atoms with Crippen LogP contribution < -0.4 is 0 Å². The van der Waals surface area contributed by atoms with Crippen molar-refractivity contribution in [2.45, 2.75) is 51.5 Å². The monoisotopic (exact) mass is 313 g/mol. The smallest absolute Gasteiger partial charge is 0.247 e. The molecule has 5 heteroatoms. The summed E-state index contributed by atoms with van der Waals surface area (Å²) >= 11 is 0. The van der Waals surface area contributed by atoms with Crippen molar-refractivity contribution < 1.29 is 9.21 Å². The lowest BCUT2D eigenvalue weighted by atomic mass is 9.99. The van der Waals surface area contributed by atoms with Gasteiger partial charge in [-0.25, -0.2) is 0 Å². The second kappa shape index (κ2) is 7.40. The average molecular weight is 313 g/mol. The van der Waals surface area contributed by atoms with Gasteiger partial charge < -0.3 is 9.32 Å². The van der Waals surface area contributed by atoms with E-state index in [1.807, 2.05) is 35.2 Å². The van der Waals surface area contributed by atoms with Crippen LogP contribution in [0.15, 0.2) is 34.7 Å². The van der Waals surface area contributed by atoms with E-state index in [2.05, 4.69) is 17.1 Å². The summed E-state index contributed by atoms with van der Waals surface area (Å²) in [5.74, 6) is 1.25. The summed E-state index contributed by atoms with van der Waals surface area (Å²) in [5.41, 5.74) is 0.902. The molecule has 0 bridgehead atoms. The summed E-state index contributed by atoms with van der Waals surface area (Å²) in [6.07, 6.45) is 5.44. The van der Waals surface area contributed by atoms with Gasteiger partial charge in [-0.2, -0.15) is 0 Å². The number of nitrogens with zero attached hydrogens (tertiary/aromatic N) is 3. The van der Waals surface area contributed by atoms with Crippen LogP contribution in [-0.4, -0.2) is 33.6 Å². The van der Waals surface area contributed by atoms with E-state index in [9.17, 15) is 4.79 Å². The van der Waals surface area contributed by atoms with Crippen LogP contribution in [0.25, 0.3) is 11.5 Å². The molecule has 2 aromatic rings. The number of rotatable bonds is 5. The number of carbonyl (C=O) groups excluding carboxylic acids is 1. The molecule has 2 heterocycles. The van der Waals surface area contributed by atoms with Crippen LogP contribution in [0.5, 0.6) is 0 Å². The van der Waals surface area contributed by atoms with Gasteiger partial charge in [-0.3, -0.25) is 4.79 Å². The maximum atomic E-state index is 12.5.